The van der Waals surface area contributed by atoms with E-state index in [1.54, 1.807) is 13.8 Å². The molecule has 153 valence electrons. The molecule has 0 amide bonds. The van der Waals surface area contributed by atoms with Gasteiger partial charge in [0, 0.05) is 13.1 Å². The third-order valence-electron chi connectivity index (χ3n) is 2.69. The second-order valence-corrected chi connectivity index (χ2v) is 5.52. The van der Waals surface area contributed by atoms with Gasteiger partial charge >= 0.3 is 24.2 Å². The van der Waals surface area contributed by atoms with Crippen molar-refractivity contribution >= 4 is 30.0 Å². The van der Waals surface area contributed by atoms with Gasteiger partial charge in [0.2, 0.25) is 0 Å². The molecule has 1 aliphatic rings. The predicted octanol–water partition coefficient (Wildman–Crippen LogP) is -2.29. The number of hydrogen-bond acceptors (Lipinski definition) is 10. The Morgan fingerprint density at radius 3 is 1.42 bits per heavy atom. The summed E-state index contributed by atoms with van der Waals surface area (Å²) in [5.74, 6) is 0. The normalized spacial score (nSPS) is 22.7. The van der Waals surface area contributed by atoms with Gasteiger partial charge in [0.15, 0.2) is 0 Å². The van der Waals surface area contributed by atoms with Gasteiger partial charge in [-0.15, -0.1) is 20.6 Å². The fourth-order valence-electron chi connectivity index (χ4n) is 1.23. The van der Waals surface area contributed by atoms with Crippen LogP contribution in [0.3, 0.4) is 0 Å². The molecule has 0 aromatic heterocycles. The van der Waals surface area contributed by atoms with E-state index in [-0.39, 0.29) is 28.5 Å². The number of nitrogens with zero attached hydrogens (tertiary/aromatic N) is 4. The van der Waals surface area contributed by atoms with E-state index in [0.717, 1.165) is 6.42 Å². The second kappa shape index (κ2) is 12.3. The molecule has 0 aliphatic carbocycles. The Hall–Kier alpha value is -1.15. The van der Waals surface area contributed by atoms with Crippen LogP contribution < -0.4 is 18.6 Å². The van der Waals surface area contributed by atoms with Crippen molar-refractivity contribution in [2.75, 3.05) is 13.1 Å². The van der Waals surface area contributed by atoms with Gasteiger partial charge in [0.05, 0.1) is 22.8 Å². The van der Waals surface area contributed by atoms with Crippen LogP contribution in [0.15, 0.2) is 20.3 Å². The number of rotatable bonds is 0. The molecule has 1 radical (unpaired) electrons. The maximum absolute atomic E-state index is 13.3. The fourth-order valence-corrected chi connectivity index (χ4v) is 1.23. The van der Waals surface area contributed by atoms with Crippen LogP contribution >= 0.6 is 0 Å². The van der Waals surface area contributed by atoms with Crippen molar-refractivity contribution in [3.63, 3.8) is 0 Å². The monoisotopic (exact) mass is 449 g/mol. The van der Waals surface area contributed by atoms with Crippen molar-refractivity contribution in [2.24, 2.45) is 20.3 Å². The van der Waals surface area contributed by atoms with Gasteiger partial charge in [-0.1, -0.05) is 0 Å². The summed E-state index contributed by atoms with van der Waals surface area (Å²) in [6, 6.07) is 0. The van der Waals surface area contributed by atoms with Crippen LogP contribution in [0, 0.1) is 10.2 Å². The first kappa shape index (κ1) is 27.1. The quantitative estimate of drug-likeness (QED) is 0.378. The average molecular weight is 450 g/mol. The zero-order chi connectivity index (χ0) is 19.7. The maximum atomic E-state index is 13.3. The van der Waals surface area contributed by atoms with E-state index in [1.807, 2.05) is 0 Å². The zero-order valence-corrected chi connectivity index (χ0v) is 16.1. The Bertz CT molecular complexity index is 525. The van der Waals surface area contributed by atoms with Crippen molar-refractivity contribution in [1.82, 2.24) is 0 Å². The van der Waals surface area contributed by atoms with Crippen LogP contribution in [-0.2, 0) is 26.6 Å². The summed E-state index contributed by atoms with van der Waals surface area (Å²) < 4.78 is 68.8. The second-order valence-electron chi connectivity index (χ2n) is 4.77. The summed E-state index contributed by atoms with van der Waals surface area (Å²) in [5, 5.41) is 6.66. The molecule has 0 spiro atoms. The largest absolute Gasteiger partial charge is 2.00 e. The molecule has 1 rings (SSSR count). The number of hydrogen-bond donors (Lipinski definition) is 0. The van der Waals surface area contributed by atoms with Crippen LogP contribution in [0.4, 0.5) is 8.63 Å². The molecule has 10 nitrogen and oxygen atoms in total. The van der Waals surface area contributed by atoms with Crippen LogP contribution in [0.1, 0.15) is 34.1 Å². The summed E-state index contributed by atoms with van der Waals surface area (Å²) in [5.41, 5.74) is 1.61. The molecule has 0 unspecified atom stereocenters. The molecular weight excluding hydrogens is 432 g/mol. The first-order valence-electron chi connectivity index (χ1n) is 6.92. The van der Waals surface area contributed by atoms with Crippen molar-refractivity contribution in [3.8, 4) is 0 Å². The minimum absolute atomic E-state index is 0. The molecule has 0 saturated carbocycles. The van der Waals surface area contributed by atoms with E-state index in [9.17, 15) is 8.63 Å². The van der Waals surface area contributed by atoms with Gasteiger partial charge in [0.1, 0.15) is 0 Å². The molecule has 0 atom stereocenters. The van der Waals surface area contributed by atoms with Crippen molar-refractivity contribution in [3.05, 3.63) is 0 Å². The molecule has 0 bridgehead atoms. The van der Waals surface area contributed by atoms with Gasteiger partial charge < -0.3 is 18.1 Å². The van der Waals surface area contributed by atoms with Gasteiger partial charge in [-0.25, -0.2) is 18.6 Å². The van der Waals surface area contributed by atoms with Crippen LogP contribution in [0.25, 0.3) is 0 Å². The molecule has 0 N–H and O–H groups in total. The smallest absolute Gasteiger partial charge is 0.519 e. The third-order valence-corrected chi connectivity index (χ3v) is 2.69. The third kappa shape index (κ3) is 15.1. The molecule has 0 aromatic rings. The van der Waals surface area contributed by atoms with Crippen molar-refractivity contribution in [2.45, 2.75) is 34.1 Å². The van der Waals surface area contributed by atoms with Gasteiger partial charge in [-0.2, -0.15) is 0 Å². The van der Waals surface area contributed by atoms with Gasteiger partial charge in [-0.05, 0) is 34.1 Å². The molecular formula is C11H18BClCuF2N4O6. The van der Waals surface area contributed by atoms with Gasteiger partial charge in [-0.3, -0.25) is 9.98 Å². The summed E-state index contributed by atoms with van der Waals surface area (Å²) in [6.45, 7) is 7.52. The Morgan fingerprint density at radius 1 is 0.808 bits per heavy atom. The fraction of sp³-hybridized carbons (Fsp3) is 0.636. The summed E-state index contributed by atoms with van der Waals surface area (Å²) >= 11 is 0. The first-order chi connectivity index (χ1) is 11.3. The molecule has 15 heteroatoms. The van der Waals surface area contributed by atoms with E-state index in [0.29, 0.717) is 24.5 Å². The minimum atomic E-state index is -4.94. The summed E-state index contributed by atoms with van der Waals surface area (Å²) in [7, 11) is -9.55. The van der Waals surface area contributed by atoms with Crippen molar-refractivity contribution < 1.29 is 64.1 Å². The first-order valence-corrected chi connectivity index (χ1v) is 8.15. The molecule has 26 heavy (non-hydrogen) atoms. The summed E-state index contributed by atoms with van der Waals surface area (Å²) in [4.78, 5) is 8.42. The predicted molar refractivity (Wildman–Crippen MR) is 76.9 cm³/mol. The van der Waals surface area contributed by atoms with Gasteiger partial charge in [0.25, 0.3) is 0 Å². The number of oxime groups is 2. The maximum Gasteiger partial charge on any atom is 2.00 e. The Morgan fingerprint density at radius 2 is 1.12 bits per heavy atom. The standard InChI is InChI=1S/C11H18BF2N4O2.ClHO4.Cu/c1-8-10(3)17-19-12(13,14)20-18-11(4)9(2)16-7-5-6-15-8;2-1(3,4)5;/h5-7H2,1-4H3;(H,2,3,4,5);/q-1;;+2/p-1/b15-8?,16-9?,17-10+,18-11+;;. The molecule has 0 aromatic carbocycles. The van der Waals surface area contributed by atoms with Crippen LogP contribution in [-0.4, -0.2) is 43.0 Å². The van der Waals surface area contributed by atoms with E-state index in [2.05, 4.69) is 29.8 Å². The summed E-state index contributed by atoms with van der Waals surface area (Å²) in [6.07, 6.45) is 0.747. The van der Waals surface area contributed by atoms with E-state index in [1.165, 1.54) is 13.8 Å². The number of halogens is 3. The average Bonchev–Trinajstić information content (AvgIpc) is 2.47. The van der Waals surface area contributed by atoms with E-state index < -0.39 is 17.3 Å². The molecule has 0 fully saturated rings. The molecule has 0 saturated heterocycles. The minimum Gasteiger partial charge on any atom is -0.519 e. The van der Waals surface area contributed by atoms with Crippen LogP contribution in [0.5, 0.6) is 0 Å². The SMILES string of the molecule is CC1=NCCCN=C(C)/C(C)=N/O[B-](F)(F)O/N=C/1C.[Cu+2].[O-][Cl+3]([O-])([O-])[O-]. The Labute approximate surface area is 161 Å². The Balaban J connectivity index is 0. The molecule has 1 heterocycles. The van der Waals surface area contributed by atoms with Crippen LogP contribution in [0.2, 0.25) is 0 Å². The van der Waals surface area contributed by atoms with E-state index in [4.69, 9.17) is 18.6 Å². The zero-order valence-electron chi connectivity index (χ0n) is 14.4. The number of aliphatic imine (C=N–C) groups is 2. The van der Waals surface area contributed by atoms with Crippen molar-refractivity contribution in [1.29, 1.82) is 0 Å². The topological polar surface area (TPSA) is 160 Å². The Kier molecular flexibility index (Phi) is 12.8. The molecule has 1 aliphatic heterocycles. The van der Waals surface area contributed by atoms with E-state index >= 15 is 0 Å².